The number of nitrogens with two attached hydrogens (primary N) is 1. The minimum Gasteiger partial charge on any atom is -0.493 e. The van der Waals surface area contributed by atoms with Crippen LogP contribution < -0.4 is 10.5 Å². The lowest BCUT2D eigenvalue weighted by Gasteiger charge is -2.25. The number of carbonyl (C=O) groups is 3. The molecule has 0 spiro atoms. The summed E-state index contributed by atoms with van der Waals surface area (Å²) in [5.74, 6) is -2.89. The molecule has 2 rings (SSSR count). The van der Waals surface area contributed by atoms with E-state index in [4.69, 9.17) is 25.1 Å². The van der Waals surface area contributed by atoms with Crippen molar-refractivity contribution in [2.75, 3.05) is 20.3 Å². The van der Waals surface area contributed by atoms with Crippen molar-refractivity contribution >= 4 is 23.8 Å². The fourth-order valence-electron chi connectivity index (χ4n) is 3.21. The van der Waals surface area contributed by atoms with Gasteiger partial charge in [-0.3, -0.25) is 4.79 Å². The molecule has 2 aromatic rings. The van der Waals surface area contributed by atoms with E-state index in [1.807, 2.05) is 12.1 Å². The minimum atomic E-state index is -5.08. The number of hydrogen-bond donors (Lipinski definition) is 2. The maximum atomic E-state index is 13.1. The van der Waals surface area contributed by atoms with Crippen LogP contribution in [0.4, 0.5) is 13.2 Å². The van der Waals surface area contributed by atoms with Crippen LogP contribution in [0.15, 0.2) is 42.5 Å². The van der Waals surface area contributed by atoms with Gasteiger partial charge in [0.2, 0.25) is 0 Å². The molecular formula is C30H38F3NO6. The number of methoxy groups -OCH3 is 1. The summed E-state index contributed by atoms with van der Waals surface area (Å²) in [6, 6.07) is 11.3. The highest BCUT2D eigenvalue weighted by Gasteiger charge is 2.38. The number of carboxylic acid groups (broad SMARTS) is 1. The average molecular weight is 566 g/mol. The number of ether oxygens (including phenoxy) is 2. The van der Waals surface area contributed by atoms with E-state index in [9.17, 15) is 22.8 Å². The van der Waals surface area contributed by atoms with Crippen LogP contribution in [0.5, 0.6) is 5.75 Å². The Morgan fingerprint density at radius 3 is 1.88 bits per heavy atom. The van der Waals surface area contributed by atoms with Crippen molar-refractivity contribution in [2.45, 2.75) is 65.0 Å². The van der Waals surface area contributed by atoms with Gasteiger partial charge in [0.05, 0.1) is 13.7 Å². The number of carbonyl (C=O) groups excluding carboxylic acids is 2. The Morgan fingerprint density at radius 2 is 1.45 bits per heavy atom. The van der Waals surface area contributed by atoms with Crippen LogP contribution in [0, 0.1) is 0 Å². The Kier molecular flexibility index (Phi) is 12.1. The molecule has 0 aromatic heterocycles. The Balaban J connectivity index is 0.00000101. The van der Waals surface area contributed by atoms with Gasteiger partial charge in [-0.25, -0.2) is 9.59 Å². The highest BCUT2D eigenvalue weighted by molar-refractivity contribution is 6.07. The van der Waals surface area contributed by atoms with Crippen molar-refractivity contribution in [3.8, 4) is 5.75 Å². The molecule has 0 saturated heterocycles. The summed E-state index contributed by atoms with van der Waals surface area (Å²) in [4.78, 5) is 34.0. The molecule has 7 nitrogen and oxygen atoms in total. The minimum absolute atomic E-state index is 0.0699. The molecule has 0 aliphatic heterocycles. The van der Waals surface area contributed by atoms with E-state index in [2.05, 4.69) is 47.6 Å². The molecule has 0 fully saturated rings. The molecule has 10 heteroatoms. The van der Waals surface area contributed by atoms with E-state index in [0.717, 1.165) is 16.7 Å². The lowest BCUT2D eigenvalue weighted by Crippen LogP contribution is -2.21. The van der Waals surface area contributed by atoms with Crippen molar-refractivity contribution in [1.29, 1.82) is 0 Å². The number of hydrogen-bond acceptors (Lipinski definition) is 6. The number of halogens is 3. The Hall–Kier alpha value is -3.66. The average Bonchev–Trinajstić information content (AvgIpc) is 2.85. The number of carboxylic acids is 1. The van der Waals surface area contributed by atoms with Crippen LogP contribution in [0.2, 0.25) is 0 Å². The lowest BCUT2D eigenvalue weighted by atomic mass is 9.79. The SMILES string of the molecule is COC(=O)c1ccc(/C=C/C(=O)c2cc(C(C)(C)C)cc(C(C)(C)C)c2)cc1OCCCN.O=C(O)C(F)(F)F. The van der Waals surface area contributed by atoms with Crippen molar-refractivity contribution in [2.24, 2.45) is 5.73 Å². The quantitative estimate of drug-likeness (QED) is 0.166. The van der Waals surface area contributed by atoms with Gasteiger partial charge in [-0.2, -0.15) is 13.2 Å². The molecule has 3 N–H and O–H groups in total. The van der Waals surface area contributed by atoms with Gasteiger partial charge in [0.25, 0.3) is 0 Å². The summed E-state index contributed by atoms with van der Waals surface area (Å²) in [5.41, 5.74) is 9.41. The first-order chi connectivity index (χ1) is 18.3. The van der Waals surface area contributed by atoms with Crippen molar-refractivity contribution in [3.05, 3.63) is 70.3 Å². The van der Waals surface area contributed by atoms with Gasteiger partial charge in [-0.1, -0.05) is 59.8 Å². The summed E-state index contributed by atoms with van der Waals surface area (Å²) < 4.78 is 42.3. The molecule has 0 aliphatic carbocycles. The van der Waals surface area contributed by atoms with E-state index < -0.39 is 18.1 Å². The van der Waals surface area contributed by atoms with Crippen molar-refractivity contribution in [3.63, 3.8) is 0 Å². The van der Waals surface area contributed by atoms with E-state index in [1.165, 1.54) is 7.11 Å². The largest absolute Gasteiger partial charge is 0.493 e. The molecule has 0 amide bonds. The van der Waals surface area contributed by atoms with Gasteiger partial charge in [-0.15, -0.1) is 0 Å². The van der Waals surface area contributed by atoms with E-state index >= 15 is 0 Å². The molecule has 2 aromatic carbocycles. The molecule has 0 unspecified atom stereocenters. The number of benzene rings is 2. The Bertz CT molecular complexity index is 1190. The molecule has 0 atom stereocenters. The van der Waals surface area contributed by atoms with Crippen molar-refractivity contribution in [1.82, 2.24) is 0 Å². The van der Waals surface area contributed by atoms with Crippen LogP contribution in [-0.2, 0) is 20.4 Å². The van der Waals surface area contributed by atoms with Gasteiger partial charge in [0.15, 0.2) is 5.78 Å². The van der Waals surface area contributed by atoms with Crippen LogP contribution in [0.1, 0.15) is 85.4 Å². The predicted octanol–water partition coefficient (Wildman–Crippen LogP) is 6.33. The maximum Gasteiger partial charge on any atom is 0.490 e. The third-order valence-corrected chi connectivity index (χ3v) is 5.64. The van der Waals surface area contributed by atoms with Gasteiger partial charge >= 0.3 is 18.1 Å². The molecule has 0 heterocycles. The van der Waals surface area contributed by atoms with Crippen LogP contribution in [-0.4, -0.2) is 49.3 Å². The number of ketones is 1. The molecule has 0 radical (unpaired) electrons. The maximum absolute atomic E-state index is 13.1. The second kappa shape index (κ2) is 14.1. The number of allylic oxidation sites excluding steroid dienone is 1. The van der Waals surface area contributed by atoms with E-state index in [1.54, 1.807) is 30.4 Å². The molecule has 0 bridgehead atoms. The molecule has 220 valence electrons. The first kappa shape index (κ1) is 34.4. The van der Waals surface area contributed by atoms with Gasteiger partial charge in [0.1, 0.15) is 11.3 Å². The molecule has 0 aliphatic rings. The summed E-state index contributed by atoms with van der Waals surface area (Å²) in [7, 11) is 1.33. The zero-order valence-corrected chi connectivity index (χ0v) is 23.9. The molecular weight excluding hydrogens is 527 g/mol. The summed E-state index contributed by atoms with van der Waals surface area (Å²) >= 11 is 0. The van der Waals surface area contributed by atoms with E-state index in [-0.39, 0.29) is 16.6 Å². The second-order valence-corrected chi connectivity index (χ2v) is 11.0. The highest BCUT2D eigenvalue weighted by Crippen LogP contribution is 2.31. The van der Waals surface area contributed by atoms with Gasteiger partial charge in [0, 0.05) is 5.56 Å². The topological polar surface area (TPSA) is 116 Å². The lowest BCUT2D eigenvalue weighted by molar-refractivity contribution is -0.192. The smallest absolute Gasteiger partial charge is 0.490 e. The fourth-order valence-corrected chi connectivity index (χ4v) is 3.21. The first-order valence-electron chi connectivity index (χ1n) is 12.5. The number of esters is 1. The van der Waals surface area contributed by atoms with Crippen LogP contribution in [0.3, 0.4) is 0 Å². The fraction of sp³-hybridized carbons (Fsp3) is 0.433. The van der Waals surface area contributed by atoms with Crippen LogP contribution >= 0.6 is 0 Å². The zero-order valence-electron chi connectivity index (χ0n) is 23.9. The molecule has 0 saturated carbocycles. The monoisotopic (exact) mass is 565 g/mol. The summed E-state index contributed by atoms with van der Waals surface area (Å²) in [6.45, 7) is 13.8. The third-order valence-electron chi connectivity index (χ3n) is 5.64. The van der Waals surface area contributed by atoms with Gasteiger partial charge in [-0.05, 0) is 70.8 Å². The van der Waals surface area contributed by atoms with E-state index in [0.29, 0.717) is 36.4 Å². The first-order valence-corrected chi connectivity index (χ1v) is 12.5. The summed E-state index contributed by atoms with van der Waals surface area (Å²) in [6.07, 6.45) is -1.12. The Morgan fingerprint density at radius 1 is 0.925 bits per heavy atom. The van der Waals surface area contributed by atoms with Crippen molar-refractivity contribution < 1.29 is 42.1 Å². The normalized spacial score (nSPS) is 12.0. The Labute approximate surface area is 233 Å². The number of rotatable bonds is 8. The molecule has 40 heavy (non-hydrogen) atoms. The standard InChI is InChI=1S/C28H37NO4.C2HF3O2/c1-27(2,3)21-16-20(17-22(18-21)28(4,5)6)24(30)12-10-19-9-11-23(26(31)32-7)25(15-19)33-14-8-13-29;3-2(4,5)1(6)7/h9-12,15-18H,8,13-14,29H2,1-7H3;(H,6,7)/b12-10+;. The predicted molar refractivity (Wildman–Crippen MR) is 148 cm³/mol. The summed E-state index contributed by atoms with van der Waals surface area (Å²) in [5, 5.41) is 7.12. The number of aliphatic carboxylic acids is 1. The van der Waals surface area contributed by atoms with Crippen LogP contribution in [0.25, 0.3) is 6.08 Å². The highest BCUT2D eigenvalue weighted by atomic mass is 19.4. The third kappa shape index (κ3) is 10.8. The van der Waals surface area contributed by atoms with Gasteiger partial charge < -0.3 is 20.3 Å². The second-order valence-electron chi connectivity index (χ2n) is 11.0. The number of alkyl halides is 3. The zero-order chi connectivity index (χ0) is 30.9.